The van der Waals surface area contributed by atoms with Crippen molar-refractivity contribution < 1.29 is 14.0 Å². The van der Waals surface area contributed by atoms with Gasteiger partial charge in [0.15, 0.2) is 0 Å². The molecular weight excluding hydrogens is 329 g/mol. The lowest BCUT2D eigenvalue weighted by Crippen LogP contribution is -2.32. The third-order valence-electron chi connectivity index (χ3n) is 5.09. The lowest BCUT2D eigenvalue weighted by Gasteiger charge is -2.21. The van der Waals surface area contributed by atoms with Crippen LogP contribution in [0.3, 0.4) is 0 Å². The quantitative estimate of drug-likeness (QED) is 0.617. The van der Waals surface area contributed by atoms with Crippen LogP contribution in [0.1, 0.15) is 59.5 Å². The number of amides is 1. The maximum absolute atomic E-state index is 13.5. The lowest BCUT2D eigenvalue weighted by molar-refractivity contribution is -0.116. The predicted molar refractivity (Wildman–Crippen MR) is 99.7 cm³/mol. The molecule has 0 aromatic heterocycles. The van der Waals surface area contributed by atoms with Crippen LogP contribution in [-0.2, 0) is 11.2 Å². The van der Waals surface area contributed by atoms with Crippen LogP contribution in [0.25, 0.3) is 0 Å². The highest BCUT2D eigenvalue weighted by Crippen LogP contribution is 2.32. The highest BCUT2D eigenvalue weighted by atomic mass is 19.1. The van der Waals surface area contributed by atoms with Crippen molar-refractivity contribution in [3.05, 3.63) is 71.0 Å². The van der Waals surface area contributed by atoms with Crippen molar-refractivity contribution in [2.45, 2.75) is 44.4 Å². The Balaban J connectivity index is 1.53. The molecule has 1 saturated carbocycles. The van der Waals surface area contributed by atoms with E-state index >= 15 is 0 Å². The SMILES string of the molecule is O=C(NCCc1ccccc1F)C(=O)c1ccc(C2CCCCC2)cc1. The summed E-state index contributed by atoms with van der Waals surface area (Å²) in [6, 6.07) is 13.8. The van der Waals surface area contributed by atoms with Gasteiger partial charge in [-0.25, -0.2) is 4.39 Å². The Kier molecular flexibility index (Phi) is 6.16. The van der Waals surface area contributed by atoms with Crippen LogP contribution in [0.2, 0.25) is 0 Å². The second-order valence-electron chi connectivity index (χ2n) is 6.88. The van der Waals surface area contributed by atoms with Crippen LogP contribution in [-0.4, -0.2) is 18.2 Å². The van der Waals surface area contributed by atoms with Gasteiger partial charge in [0.2, 0.25) is 5.78 Å². The Hall–Kier alpha value is -2.49. The standard InChI is InChI=1S/C22H24FNO2/c23-20-9-5-4-8-18(20)14-15-24-22(26)21(25)19-12-10-17(11-13-19)16-6-2-1-3-7-16/h4-5,8-13,16H,1-3,6-7,14-15H2,(H,24,26). The Bertz CT molecular complexity index is 764. The van der Waals surface area contributed by atoms with Gasteiger partial charge in [-0.05, 0) is 42.4 Å². The number of Topliss-reactive ketones (excluding diaryl/α,β-unsaturated/α-hetero) is 1. The number of nitrogens with one attached hydrogen (secondary N) is 1. The fraction of sp³-hybridized carbons (Fsp3) is 0.364. The van der Waals surface area contributed by atoms with E-state index in [0.717, 1.165) is 0 Å². The minimum Gasteiger partial charge on any atom is -0.349 e. The summed E-state index contributed by atoms with van der Waals surface area (Å²) < 4.78 is 13.5. The summed E-state index contributed by atoms with van der Waals surface area (Å²) in [5.41, 5.74) is 2.17. The molecule has 2 aromatic carbocycles. The Morgan fingerprint density at radius 3 is 2.35 bits per heavy atom. The van der Waals surface area contributed by atoms with E-state index in [1.807, 2.05) is 12.1 Å². The third-order valence-corrected chi connectivity index (χ3v) is 5.09. The summed E-state index contributed by atoms with van der Waals surface area (Å²) in [7, 11) is 0. The van der Waals surface area contributed by atoms with Crippen molar-refractivity contribution in [1.29, 1.82) is 0 Å². The molecule has 1 aliphatic rings. The number of hydrogen-bond acceptors (Lipinski definition) is 2. The predicted octanol–water partition coefficient (Wildman–Crippen LogP) is 4.42. The van der Waals surface area contributed by atoms with Gasteiger partial charge in [0.25, 0.3) is 5.91 Å². The Morgan fingerprint density at radius 2 is 1.65 bits per heavy atom. The molecule has 0 aliphatic heterocycles. The van der Waals surface area contributed by atoms with Crippen LogP contribution in [0.4, 0.5) is 4.39 Å². The molecule has 0 unspecified atom stereocenters. The zero-order valence-corrected chi connectivity index (χ0v) is 14.8. The maximum Gasteiger partial charge on any atom is 0.292 e. The van der Waals surface area contributed by atoms with E-state index in [2.05, 4.69) is 5.32 Å². The van der Waals surface area contributed by atoms with Crippen LogP contribution in [0, 0.1) is 5.82 Å². The first kappa shape index (κ1) is 18.3. The van der Waals surface area contributed by atoms with Crippen molar-refractivity contribution in [2.24, 2.45) is 0 Å². The van der Waals surface area contributed by atoms with Crippen LogP contribution >= 0.6 is 0 Å². The van der Waals surface area contributed by atoms with Gasteiger partial charge in [0.05, 0.1) is 0 Å². The molecule has 0 spiro atoms. The molecule has 1 amide bonds. The summed E-state index contributed by atoms with van der Waals surface area (Å²) in [5, 5.41) is 2.58. The molecule has 0 radical (unpaired) electrons. The molecule has 1 N–H and O–H groups in total. The molecule has 26 heavy (non-hydrogen) atoms. The molecule has 3 rings (SSSR count). The monoisotopic (exact) mass is 353 g/mol. The maximum atomic E-state index is 13.5. The average Bonchev–Trinajstić information content (AvgIpc) is 2.69. The molecule has 0 heterocycles. The first-order valence-electron chi connectivity index (χ1n) is 9.31. The van der Waals surface area contributed by atoms with E-state index < -0.39 is 11.7 Å². The van der Waals surface area contributed by atoms with E-state index in [9.17, 15) is 14.0 Å². The largest absolute Gasteiger partial charge is 0.349 e. The zero-order chi connectivity index (χ0) is 18.4. The molecular formula is C22H24FNO2. The number of carbonyl (C=O) groups is 2. The van der Waals surface area contributed by atoms with E-state index in [1.165, 1.54) is 43.7 Å². The number of hydrogen-bond donors (Lipinski definition) is 1. The number of halogens is 1. The lowest BCUT2D eigenvalue weighted by atomic mass is 9.84. The van der Waals surface area contributed by atoms with Crippen LogP contribution in [0.15, 0.2) is 48.5 Å². The van der Waals surface area contributed by atoms with Gasteiger partial charge in [-0.1, -0.05) is 61.7 Å². The second kappa shape index (κ2) is 8.75. The van der Waals surface area contributed by atoms with Crippen LogP contribution in [0.5, 0.6) is 0 Å². The molecule has 1 fully saturated rings. The second-order valence-corrected chi connectivity index (χ2v) is 6.88. The minimum absolute atomic E-state index is 0.228. The minimum atomic E-state index is -0.647. The third kappa shape index (κ3) is 4.57. The Labute approximate surface area is 153 Å². The van der Waals surface area contributed by atoms with Crippen molar-refractivity contribution >= 4 is 11.7 Å². The van der Waals surface area contributed by atoms with Gasteiger partial charge in [-0.3, -0.25) is 9.59 Å². The van der Waals surface area contributed by atoms with Gasteiger partial charge in [-0.2, -0.15) is 0 Å². The fourth-order valence-corrected chi connectivity index (χ4v) is 3.57. The topological polar surface area (TPSA) is 46.2 Å². The summed E-state index contributed by atoms with van der Waals surface area (Å²) in [4.78, 5) is 24.3. The van der Waals surface area contributed by atoms with Gasteiger partial charge < -0.3 is 5.32 Å². The summed E-state index contributed by atoms with van der Waals surface area (Å²) >= 11 is 0. The van der Waals surface area contributed by atoms with Crippen molar-refractivity contribution in [2.75, 3.05) is 6.54 Å². The van der Waals surface area contributed by atoms with Gasteiger partial charge in [0, 0.05) is 12.1 Å². The van der Waals surface area contributed by atoms with Gasteiger partial charge >= 0.3 is 0 Å². The van der Waals surface area contributed by atoms with E-state index in [0.29, 0.717) is 23.5 Å². The number of ketones is 1. The molecule has 0 saturated heterocycles. The first-order chi connectivity index (χ1) is 12.6. The highest BCUT2D eigenvalue weighted by molar-refractivity contribution is 6.42. The van der Waals surface area contributed by atoms with E-state index in [-0.39, 0.29) is 12.4 Å². The first-order valence-corrected chi connectivity index (χ1v) is 9.31. The number of rotatable bonds is 6. The number of carbonyl (C=O) groups excluding carboxylic acids is 2. The number of benzene rings is 2. The molecule has 3 nitrogen and oxygen atoms in total. The van der Waals surface area contributed by atoms with Crippen LogP contribution < -0.4 is 5.32 Å². The zero-order valence-electron chi connectivity index (χ0n) is 14.8. The summed E-state index contributed by atoms with van der Waals surface area (Å²) in [6.07, 6.45) is 6.58. The van der Waals surface area contributed by atoms with E-state index in [1.54, 1.807) is 30.3 Å². The van der Waals surface area contributed by atoms with E-state index in [4.69, 9.17) is 0 Å². The normalized spacial score (nSPS) is 14.8. The summed E-state index contributed by atoms with van der Waals surface area (Å²) in [5.74, 6) is -0.922. The molecule has 0 bridgehead atoms. The molecule has 136 valence electrons. The van der Waals surface area contributed by atoms with Crippen molar-refractivity contribution in [3.63, 3.8) is 0 Å². The van der Waals surface area contributed by atoms with Gasteiger partial charge in [0.1, 0.15) is 5.82 Å². The molecule has 4 heteroatoms. The van der Waals surface area contributed by atoms with Crippen molar-refractivity contribution in [3.8, 4) is 0 Å². The smallest absolute Gasteiger partial charge is 0.292 e. The van der Waals surface area contributed by atoms with Gasteiger partial charge in [-0.15, -0.1) is 0 Å². The highest BCUT2D eigenvalue weighted by Gasteiger charge is 2.18. The average molecular weight is 353 g/mol. The van der Waals surface area contributed by atoms with Crippen molar-refractivity contribution in [1.82, 2.24) is 5.32 Å². The Morgan fingerprint density at radius 1 is 0.962 bits per heavy atom. The molecule has 1 aliphatic carbocycles. The molecule has 2 aromatic rings. The molecule has 0 atom stereocenters. The fourth-order valence-electron chi connectivity index (χ4n) is 3.57. The summed E-state index contributed by atoms with van der Waals surface area (Å²) in [6.45, 7) is 0.228.